The largest absolute Gasteiger partial charge is 0.0661 e. The highest BCUT2D eigenvalue weighted by atomic mass is 14.6. The van der Waals surface area contributed by atoms with Crippen LogP contribution >= 0.6 is 0 Å². The third kappa shape index (κ3) is 3.21. The van der Waals surface area contributed by atoms with Crippen LogP contribution in [0.5, 0.6) is 0 Å². The molecule has 32 heavy (non-hydrogen) atoms. The molecule has 0 N–H and O–H groups in total. The molecule has 4 aliphatic carbocycles. The SMILES string of the molecule is CC1=C(C)C2C(CCC3C4C(C)=C(C)C(C)=C(C)C4[C@@H](C)[C@H]3C)C(C)[C@H](C)C2C(C)=C1C. The Labute approximate surface area is 199 Å². The van der Waals surface area contributed by atoms with Gasteiger partial charge in [0.05, 0.1) is 0 Å². The molecule has 0 aromatic heterocycles. The van der Waals surface area contributed by atoms with E-state index < -0.39 is 0 Å². The number of hydrogen-bond donors (Lipinski definition) is 0. The molecule has 178 valence electrons. The summed E-state index contributed by atoms with van der Waals surface area (Å²) < 4.78 is 0. The molecule has 0 aromatic carbocycles. The van der Waals surface area contributed by atoms with Crippen molar-refractivity contribution in [3.8, 4) is 0 Å². The predicted octanol–water partition coefficient (Wildman–Crippen LogP) is 9.41. The van der Waals surface area contributed by atoms with Crippen LogP contribution < -0.4 is 0 Å². The maximum Gasteiger partial charge on any atom is -0.0101 e. The first-order chi connectivity index (χ1) is 14.9. The quantitative estimate of drug-likeness (QED) is 0.415. The fraction of sp³-hybridized carbons (Fsp3) is 0.750. The molecule has 0 spiro atoms. The molecule has 0 saturated heterocycles. The fourth-order valence-corrected chi connectivity index (χ4v) is 9.24. The summed E-state index contributed by atoms with van der Waals surface area (Å²) in [6.45, 7) is 29.6. The van der Waals surface area contributed by atoms with E-state index in [1.54, 1.807) is 44.6 Å². The molecule has 4 rings (SSSR count). The van der Waals surface area contributed by atoms with Crippen LogP contribution in [0.3, 0.4) is 0 Å². The summed E-state index contributed by atoms with van der Waals surface area (Å²) in [5, 5.41) is 0. The summed E-state index contributed by atoms with van der Waals surface area (Å²) in [5.74, 6) is 8.08. The van der Waals surface area contributed by atoms with Crippen molar-refractivity contribution in [2.75, 3.05) is 0 Å². The highest BCUT2D eigenvalue weighted by Crippen LogP contribution is 2.60. The summed E-state index contributed by atoms with van der Waals surface area (Å²) in [6.07, 6.45) is 2.84. The fourth-order valence-electron chi connectivity index (χ4n) is 9.24. The maximum absolute atomic E-state index is 2.58. The second-order valence-corrected chi connectivity index (χ2v) is 12.7. The van der Waals surface area contributed by atoms with Crippen molar-refractivity contribution in [3.05, 3.63) is 44.6 Å². The van der Waals surface area contributed by atoms with Gasteiger partial charge in [-0.2, -0.15) is 0 Å². The van der Waals surface area contributed by atoms with Gasteiger partial charge in [0, 0.05) is 0 Å². The van der Waals surface area contributed by atoms with E-state index in [2.05, 4.69) is 83.1 Å². The average Bonchev–Trinajstić information content (AvgIpc) is 3.16. The molecule has 0 radical (unpaired) electrons. The Kier molecular flexibility index (Phi) is 6.26. The minimum atomic E-state index is 0.776. The molecule has 0 nitrogen and oxygen atoms in total. The minimum Gasteiger partial charge on any atom is -0.0661 e. The van der Waals surface area contributed by atoms with Gasteiger partial charge in [-0.1, -0.05) is 50.0 Å². The Bertz CT molecular complexity index is 842. The van der Waals surface area contributed by atoms with E-state index in [-0.39, 0.29) is 0 Å². The number of allylic oxidation sites excluding steroid dienone is 8. The van der Waals surface area contributed by atoms with Crippen molar-refractivity contribution < 1.29 is 0 Å². The number of fused-ring (bicyclic) bond motifs is 2. The van der Waals surface area contributed by atoms with Gasteiger partial charge in [0.25, 0.3) is 0 Å². The summed E-state index contributed by atoms with van der Waals surface area (Å²) >= 11 is 0. The first-order valence-electron chi connectivity index (χ1n) is 13.6. The van der Waals surface area contributed by atoms with Gasteiger partial charge in [0.1, 0.15) is 0 Å². The van der Waals surface area contributed by atoms with Crippen LogP contribution in [0.25, 0.3) is 0 Å². The summed E-state index contributed by atoms with van der Waals surface area (Å²) in [7, 11) is 0. The van der Waals surface area contributed by atoms with E-state index in [0.717, 1.165) is 59.2 Å². The highest BCUT2D eigenvalue weighted by Gasteiger charge is 2.52. The van der Waals surface area contributed by atoms with E-state index in [9.17, 15) is 0 Å². The maximum atomic E-state index is 2.58. The van der Waals surface area contributed by atoms with Gasteiger partial charge >= 0.3 is 0 Å². The molecule has 4 aliphatic rings. The second-order valence-electron chi connectivity index (χ2n) is 12.7. The van der Waals surface area contributed by atoms with E-state index in [0.29, 0.717) is 0 Å². The lowest BCUT2D eigenvalue weighted by atomic mass is 9.68. The van der Waals surface area contributed by atoms with E-state index >= 15 is 0 Å². The van der Waals surface area contributed by atoms with Gasteiger partial charge in [-0.25, -0.2) is 0 Å². The van der Waals surface area contributed by atoms with Gasteiger partial charge in [0.15, 0.2) is 0 Å². The van der Waals surface area contributed by atoms with Crippen LogP contribution in [0.2, 0.25) is 0 Å². The predicted molar refractivity (Wildman–Crippen MR) is 140 cm³/mol. The molecule has 0 amide bonds. The third-order valence-electron chi connectivity index (χ3n) is 12.2. The molecule has 0 aliphatic heterocycles. The zero-order valence-electron chi connectivity index (χ0n) is 23.2. The van der Waals surface area contributed by atoms with Gasteiger partial charge in [0.2, 0.25) is 0 Å². The highest BCUT2D eigenvalue weighted by molar-refractivity contribution is 5.45. The van der Waals surface area contributed by atoms with E-state index in [1.165, 1.54) is 12.8 Å². The third-order valence-corrected chi connectivity index (χ3v) is 12.2. The molecular formula is C32H50. The Balaban J connectivity index is 1.61. The van der Waals surface area contributed by atoms with Crippen molar-refractivity contribution in [1.29, 1.82) is 0 Å². The number of hydrogen-bond acceptors (Lipinski definition) is 0. The zero-order valence-corrected chi connectivity index (χ0v) is 23.2. The molecule has 2 fully saturated rings. The van der Waals surface area contributed by atoms with Crippen LogP contribution in [0.1, 0.15) is 95.9 Å². The first-order valence-corrected chi connectivity index (χ1v) is 13.6. The Morgan fingerprint density at radius 3 is 0.906 bits per heavy atom. The van der Waals surface area contributed by atoms with Crippen LogP contribution in [-0.4, -0.2) is 0 Å². The summed E-state index contributed by atoms with van der Waals surface area (Å²) in [5.41, 5.74) is 13.2. The standard InChI is InChI=1S/C32H50/c1-15-17(3)23(9)31-27(19(5)25(11)29(31)21(15)7)13-14-28-20(6)26(12)30-22(8)16(2)18(4)24(10)32(28)30/h19-20,25-32H,13-14H2,1-12H3/t19-,20?,25+,26+,27?,28?,29?,30?,31?,32?/m1/s1. The van der Waals surface area contributed by atoms with Crippen molar-refractivity contribution in [3.63, 3.8) is 0 Å². The lowest BCUT2D eigenvalue weighted by Gasteiger charge is -2.37. The molecule has 7 unspecified atom stereocenters. The van der Waals surface area contributed by atoms with Crippen molar-refractivity contribution in [2.24, 2.45) is 59.2 Å². The topological polar surface area (TPSA) is 0 Å². The van der Waals surface area contributed by atoms with Gasteiger partial charge in [-0.05, 0) is 150 Å². The van der Waals surface area contributed by atoms with Gasteiger partial charge in [-0.15, -0.1) is 0 Å². The smallest absolute Gasteiger partial charge is 0.0101 e. The zero-order chi connectivity index (χ0) is 23.8. The molecule has 10 atom stereocenters. The molecular weight excluding hydrogens is 384 g/mol. The van der Waals surface area contributed by atoms with E-state index in [4.69, 9.17) is 0 Å². The van der Waals surface area contributed by atoms with Crippen LogP contribution in [0.15, 0.2) is 44.6 Å². The molecule has 0 heterocycles. The molecule has 0 bridgehead atoms. The summed E-state index contributed by atoms with van der Waals surface area (Å²) in [6, 6.07) is 0. The van der Waals surface area contributed by atoms with Gasteiger partial charge < -0.3 is 0 Å². The van der Waals surface area contributed by atoms with Crippen molar-refractivity contribution in [1.82, 2.24) is 0 Å². The lowest BCUT2D eigenvalue weighted by Crippen LogP contribution is -2.27. The monoisotopic (exact) mass is 434 g/mol. The van der Waals surface area contributed by atoms with Crippen LogP contribution in [0, 0.1) is 59.2 Å². The number of rotatable bonds is 3. The van der Waals surface area contributed by atoms with Crippen LogP contribution in [0.4, 0.5) is 0 Å². The molecule has 0 heteroatoms. The summed E-state index contributed by atoms with van der Waals surface area (Å²) in [4.78, 5) is 0. The van der Waals surface area contributed by atoms with Crippen molar-refractivity contribution in [2.45, 2.75) is 95.9 Å². The minimum absolute atomic E-state index is 0.776. The molecule has 0 aromatic rings. The Morgan fingerprint density at radius 2 is 0.625 bits per heavy atom. The van der Waals surface area contributed by atoms with Gasteiger partial charge in [-0.3, -0.25) is 0 Å². The van der Waals surface area contributed by atoms with Crippen LogP contribution in [-0.2, 0) is 0 Å². The first kappa shape index (κ1) is 24.1. The Hall–Kier alpha value is -1.04. The van der Waals surface area contributed by atoms with Crippen molar-refractivity contribution >= 4 is 0 Å². The van der Waals surface area contributed by atoms with E-state index in [1.807, 2.05) is 0 Å². The average molecular weight is 435 g/mol. The molecule has 2 saturated carbocycles. The Morgan fingerprint density at radius 1 is 0.375 bits per heavy atom. The lowest BCUT2D eigenvalue weighted by molar-refractivity contribution is 0.237. The second kappa shape index (κ2) is 8.32. The normalized spacial score (nSPS) is 44.6.